The van der Waals surface area contributed by atoms with Crippen LogP contribution in [0.5, 0.6) is 0 Å². The van der Waals surface area contributed by atoms with Crippen molar-refractivity contribution in [3.8, 4) is 0 Å². The Labute approximate surface area is 120 Å². The molecule has 1 N–H and O–H groups in total. The number of aryl methyl sites for hydroxylation is 1. The van der Waals surface area contributed by atoms with E-state index in [-0.39, 0.29) is 5.60 Å². The van der Waals surface area contributed by atoms with E-state index in [1.807, 2.05) is 11.3 Å². The average Bonchev–Trinajstić information content (AvgIpc) is 2.87. The zero-order chi connectivity index (χ0) is 13.3. The van der Waals surface area contributed by atoms with E-state index in [0.717, 1.165) is 38.9 Å². The maximum atomic E-state index is 10.7. The summed E-state index contributed by atoms with van der Waals surface area (Å²) in [6.07, 6.45) is 6.90. The second-order valence-electron chi connectivity index (χ2n) is 6.25. The SMILES string of the molecule is CCc1ccc(CN2CCC3(O)CCCCC3C2)s1. The highest BCUT2D eigenvalue weighted by Crippen LogP contribution is 2.40. The minimum atomic E-state index is -0.335. The Balaban J connectivity index is 1.61. The average molecular weight is 279 g/mol. The van der Waals surface area contributed by atoms with Crippen LogP contribution in [-0.4, -0.2) is 28.7 Å². The summed E-state index contributed by atoms with van der Waals surface area (Å²) in [5, 5.41) is 10.7. The number of fused-ring (bicyclic) bond motifs is 1. The van der Waals surface area contributed by atoms with E-state index < -0.39 is 0 Å². The molecule has 0 aromatic carbocycles. The van der Waals surface area contributed by atoms with Crippen molar-refractivity contribution in [2.24, 2.45) is 5.92 Å². The predicted molar refractivity (Wildman–Crippen MR) is 80.5 cm³/mol. The van der Waals surface area contributed by atoms with E-state index in [1.54, 1.807) is 0 Å². The molecule has 106 valence electrons. The third-order valence-electron chi connectivity index (χ3n) is 4.96. The van der Waals surface area contributed by atoms with Crippen molar-refractivity contribution in [1.29, 1.82) is 0 Å². The van der Waals surface area contributed by atoms with Gasteiger partial charge in [0.15, 0.2) is 0 Å². The van der Waals surface area contributed by atoms with Crippen molar-refractivity contribution >= 4 is 11.3 Å². The molecule has 1 saturated carbocycles. The molecule has 0 spiro atoms. The van der Waals surface area contributed by atoms with Crippen LogP contribution in [0.1, 0.15) is 48.8 Å². The normalized spacial score (nSPS) is 32.2. The molecule has 0 amide bonds. The molecular formula is C16H25NOS. The molecule has 19 heavy (non-hydrogen) atoms. The number of thiophene rings is 1. The lowest BCUT2D eigenvalue weighted by molar-refractivity contribution is -0.0966. The fourth-order valence-corrected chi connectivity index (χ4v) is 4.70. The second-order valence-corrected chi connectivity index (χ2v) is 7.51. The number of aliphatic hydroxyl groups is 1. The maximum Gasteiger partial charge on any atom is 0.0700 e. The summed E-state index contributed by atoms with van der Waals surface area (Å²) in [6.45, 7) is 5.46. The van der Waals surface area contributed by atoms with Crippen LogP contribution in [-0.2, 0) is 13.0 Å². The van der Waals surface area contributed by atoms with Crippen LogP contribution in [0.15, 0.2) is 12.1 Å². The smallest absolute Gasteiger partial charge is 0.0700 e. The predicted octanol–water partition coefficient (Wildman–Crippen LogP) is 3.44. The van der Waals surface area contributed by atoms with Gasteiger partial charge >= 0.3 is 0 Å². The fraction of sp³-hybridized carbons (Fsp3) is 0.750. The summed E-state index contributed by atoms with van der Waals surface area (Å²) in [7, 11) is 0. The largest absolute Gasteiger partial charge is 0.390 e. The Morgan fingerprint density at radius 3 is 2.95 bits per heavy atom. The first-order valence-electron chi connectivity index (χ1n) is 7.72. The van der Waals surface area contributed by atoms with Gasteiger partial charge in [-0.15, -0.1) is 11.3 Å². The number of likely N-dealkylation sites (tertiary alicyclic amines) is 1. The van der Waals surface area contributed by atoms with Gasteiger partial charge in [0.2, 0.25) is 0 Å². The lowest BCUT2D eigenvalue weighted by Gasteiger charge is -2.47. The van der Waals surface area contributed by atoms with Crippen molar-refractivity contribution in [1.82, 2.24) is 4.90 Å². The summed E-state index contributed by atoms with van der Waals surface area (Å²) in [6, 6.07) is 4.55. The molecule has 1 aliphatic heterocycles. The van der Waals surface area contributed by atoms with Gasteiger partial charge in [-0.2, -0.15) is 0 Å². The minimum absolute atomic E-state index is 0.335. The van der Waals surface area contributed by atoms with E-state index in [1.165, 1.54) is 29.0 Å². The first kappa shape index (κ1) is 13.6. The molecule has 2 unspecified atom stereocenters. The van der Waals surface area contributed by atoms with E-state index in [2.05, 4.69) is 24.0 Å². The van der Waals surface area contributed by atoms with Crippen LogP contribution in [0, 0.1) is 5.92 Å². The summed E-state index contributed by atoms with van der Waals surface area (Å²) in [5.74, 6) is 0.514. The number of hydrogen-bond donors (Lipinski definition) is 1. The van der Waals surface area contributed by atoms with Gasteiger partial charge in [0.05, 0.1) is 5.60 Å². The van der Waals surface area contributed by atoms with Crippen molar-refractivity contribution in [3.63, 3.8) is 0 Å². The number of piperidine rings is 1. The van der Waals surface area contributed by atoms with Gasteiger partial charge in [-0.05, 0) is 37.8 Å². The monoisotopic (exact) mass is 279 g/mol. The maximum absolute atomic E-state index is 10.7. The Morgan fingerprint density at radius 2 is 2.16 bits per heavy atom. The summed E-state index contributed by atoms with van der Waals surface area (Å²) >= 11 is 1.95. The Hall–Kier alpha value is -0.380. The quantitative estimate of drug-likeness (QED) is 0.916. The van der Waals surface area contributed by atoms with E-state index in [0.29, 0.717) is 5.92 Å². The van der Waals surface area contributed by atoms with E-state index >= 15 is 0 Å². The summed E-state index contributed by atoms with van der Waals surface area (Å²) < 4.78 is 0. The molecule has 1 saturated heterocycles. The number of rotatable bonds is 3. The first-order chi connectivity index (χ1) is 9.19. The highest BCUT2D eigenvalue weighted by atomic mass is 32.1. The molecule has 2 nitrogen and oxygen atoms in total. The lowest BCUT2D eigenvalue weighted by Crippen LogP contribution is -2.52. The van der Waals surface area contributed by atoms with E-state index in [9.17, 15) is 5.11 Å². The van der Waals surface area contributed by atoms with Crippen molar-refractivity contribution in [2.45, 2.75) is 57.6 Å². The summed E-state index contributed by atoms with van der Waals surface area (Å²) in [4.78, 5) is 5.52. The lowest BCUT2D eigenvalue weighted by atomic mass is 9.71. The third-order valence-corrected chi connectivity index (χ3v) is 6.17. The van der Waals surface area contributed by atoms with Gasteiger partial charge in [0.1, 0.15) is 0 Å². The Kier molecular flexibility index (Phi) is 3.97. The van der Waals surface area contributed by atoms with Crippen LogP contribution in [0.4, 0.5) is 0 Å². The van der Waals surface area contributed by atoms with Crippen LogP contribution < -0.4 is 0 Å². The fourth-order valence-electron chi connectivity index (χ4n) is 3.70. The van der Waals surface area contributed by atoms with Crippen molar-refractivity contribution < 1.29 is 5.11 Å². The van der Waals surface area contributed by atoms with E-state index in [4.69, 9.17) is 0 Å². The molecule has 1 aliphatic carbocycles. The second kappa shape index (κ2) is 5.55. The molecule has 0 radical (unpaired) electrons. The molecule has 3 heteroatoms. The minimum Gasteiger partial charge on any atom is -0.390 e. The van der Waals surface area contributed by atoms with Gasteiger partial charge in [0, 0.05) is 35.3 Å². The van der Waals surface area contributed by atoms with Crippen molar-refractivity contribution in [3.05, 3.63) is 21.9 Å². The number of hydrogen-bond acceptors (Lipinski definition) is 3. The standard InChI is InChI=1S/C16H25NOS/c1-2-14-6-7-15(19-14)12-17-10-9-16(18)8-4-3-5-13(16)11-17/h6-7,13,18H,2-5,8-12H2,1H3. The van der Waals surface area contributed by atoms with Crippen LogP contribution >= 0.6 is 11.3 Å². The van der Waals surface area contributed by atoms with Crippen LogP contribution in [0.2, 0.25) is 0 Å². The molecular weight excluding hydrogens is 254 g/mol. The molecule has 1 aromatic rings. The van der Waals surface area contributed by atoms with Gasteiger partial charge < -0.3 is 5.11 Å². The van der Waals surface area contributed by atoms with Gasteiger partial charge in [-0.25, -0.2) is 0 Å². The summed E-state index contributed by atoms with van der Waals surface area (Å²) in [5.41, 5.74) is -0.335. The van der Waals surface area contributed by atoms with Gasteiger partial charge in [-0.1, -0.05) is 19.8 Å². The van der Waals surface area contributed by atoms with Gasteiger partial charge in [0.25, 0.3) is 0 Å². The molecule has 0 bridgehead atoms. The van der Waals surface area contributed by atoms with Gasteiger partial charge in [-0.3, -0.25) is 4.90 Å². The van der Waals surface area contributed by atoms with Crippen LogP contribution in [0.3, 0.4) is 0 Å². The first-order valence-corrected chi connectivity index (χ1v) is 8.53. The third kappa shape index (κ3) is 2.88. The molecule has 2 heterocycles. The zero-order valence-electron chi connectivity index (χ0n) is 11.9. The Bertz CT molecular complexity index is 430. The number of nitrogens with zero attached hydrogens (tertiary/aromatic N) is 1. The molecule has 2 atom stereocenters. The zero-order valence-corrected chi connectivity index (χ0v) is 12.7. The molecule has 3 rings (SSSR count). The topological polar surface area (TPSA) is 23.5 Å². The molecule has 2 aliphatic rings. The highest BCUT2D eigenvalue weighted by molar-refractivity contribution is 7.11. The highest BCUT2D eigenvalue weighted by Gasteiger charge is 2.42. The molecule has 1 aromatic heterocycles. The van der Waals surface area contributed by atoms with Crippen LogP contribution in [0.25, 0.3) is 0 Å². The molecule has 2 fully saturated rings. The van der Waals surface area contributed by atoms with Crippen molar-refractivity contribution in [2.75, 3.05) is 13.1 Å². The Morgan fingerprint density at radius 1 is 1.32 bits per heavy atom.